The lowest BCUT2D eigenvalue weighted by Gasteiger charge is -2.18. The Morgan fingerprint density at radius 3 is 1.66 bits per heavy atom. The van der Waals surface area contributed by atoms with E-state index in [1.54, 1.807) is 0 Å². The Bertz CT molecular complexity index is 525. The molecule has 0 aromatic carbocycles. The molecule has 2 N–H and O–H groups in total. The number of esters is 1. The summed E-state index contributed by atoms with van der Waals surface area (Å²) < 4.78 is 5.28. The van der Waals surface area contributed by atoms with Crippen molar-refractivity contribution in [2.24, 2.45) is 0 Å². The molecular formula is C29H56N2O4. The summed E-state index contributed by atoms with van der Waals surface area (Å²) in [4.78, 5) is 36.7. The van der Waals surface area contributed by atoms with Crippen molar-refractivity contribution in [1.29, 1.82) is 0 Å². The van der Waals surface area contributed by atoms with Gasteiger partial charge in [-0.3, -0.25) is 9.59 Å². The van der Waals surface area contributed by atoms with Crippen molar-refractivity contribution in [3.63, 3.8) is 0 Å². The fourth-order valence-electron chi connectivity index (χ4n) is 4.09. The second kappa shape index (κ2) is 25.5. The summed E-state index contributed by atoms with van der Waals surface area (Å²) in [5.74, 6) is -0.307. The standard InChI is InChI=1S/C29H56N2O4/c1-4-7-9-11-12-13-14-16-17-22-27(32)30-24-20-19-21-26(29(34)35-25-6-3)31-28(33)23-18-15-10-8-5-2/h26H,4-25H2,1-3H3,(H,30,32)(H,31,33)/t26-/m0/s1. The number of unbranched alkanes of at least 4 members (excludes halogenated alkanes) is 13. The number of carbonyl (C=O) groups excluding carboxylic acids is 3. The average Bonchev–Trinajstić information content (AvgIpc) is 2.85. The first-order valence-electron chi connectivity index (χ1n) is 14.8. The maximum atomic E-state index is 12.4. The first-order valence-corrected chi connectivity index (χ1v) is 14.8. The smallest absolute Gasteiger partial charge is 0.328 e. The Hall–Kier alpha value is -1.59. The van der Waals surface area contributed by atoms with E-state index in [4.69, 9.17) is 4.74 Å². The van der Waals surface area contributed by atoms with E-state index in [0.29, 0.717) is 32.4 Å². The molecule has 0 rings (SSSR count). The van der Waals surface area contributed by atoms with Gasteiger partial charge in [0.05, 0.1) is 6.61 Å². The Labute approximate surface area is 216 Å². The van der Waals surface area contributed by atoms with Crippen LogP contribution in [0.25, 0.3) is 0 Å². The van der Waals surface area contributed by atoms with Crippen molar-refractivity contribution >= 4 is 17.8 Å². The summed E-state index contributed by atoms with van der Waals surface area (Å²) in [6.07, 6.45) is 20.5. The van der Waals surface area contributed by atoms with Crippen LogP contribution in [-0.2, 0) is 19.1 Å². The molecule has 0 aliphatic heterocycles. The highest BCUT2D eigenvalue weighted by atomic mass is 16.5. The molecule has 0 aromatic heterocycles. The molecule has 0 aromatic rings. The largest absolute Gasteiger partial charge is 0.464 e. The second-order valence-electron chi connectivity index (χ2n) is 9.88. The molecule has 0 spiro atoms. The van der Waals surface area contributed by atoms with E-state index in [-0.39, 0.29) is 17.8 Å². The molecule has 6 nitrogen and oxygen atoms in total. The minimum Gasteiger partial charge on any atom is -0.464 e. The minimum absolute atomic E-state index is 0.0748. The molecule has 1 atom stereocenters. The first-order chi connectivity index (χ1) is 17.0. The van der Waals surface area contributed by atoms with Crippen molar-refractivity contribution in [3.05, 3.63) is 0 Å². The lowest BCUT2D eigenvalue weighted by Crippen LogP contribution is -2.42. The zero-order valence-electron chi connectivity index (χ0n) is 23.3. The maximum Gasteiger partial charge on any atom is 0.328 e. The quantitative estimate of drug-likeness (QED) is 0.105. The van der Waals surface area contributed by atoms with Crippen LogP contribution in [0.1, 0.15) is 149 Å². The van der Waals surface area contributed by atoms with Crippen LogP contribution < -0.4 is 10.6 Å². The molecule has 6 heteroatoms. The van der Waals surface area contributed by atoms with Crippen LogP contribution in [0.4, 0.5) is 0 Å². The molecule has 35 heavy (non-hydrogen) atoms. The molecule has 0 unspecified atom stereocenters. The van der Waals surface area contributed by atoms with Gasteiger partial charge in [0.15, 0.2) is 0 Å². The van der Waals surface area contributed by atoms with Gasteiger partial charge in [0.2, 0.25) is 11.8 Å². The monoisotopic (exact) mass is 496 g/mol. The van der Waals surface area contributed by atoms with Gasteiger partial charge >= 0.3 is 5.97 Å². The van der Waals surface area contributed by atoms with Crippen LogP contribution in [0, 0.1) is 0 Å². The average molecular weight is 497 g/mol. The van der Waals surface area contributed by atoms with Crippen LogP contribution in [0.3, 0.4) is 0 Å². The van der Waals surface area contributed by atoms with Gasteiger partial charge in [-0.25, -0.2) is 4.79 Å². The van der Waals surface area contributed by atoms with Crippen LogP contribution in [0.5, 0.6) is 0 Å². The third-order valence-electron chi connectivity index (χ3n) is 6.32. The zero-order chi connectivity index (χ0) is 26.0. The highest BCUT2D eigenvalue weighted by Gasteiger charge is 2.21. The molecule has 0 radical (unpaired) electrons. The number of amides is 2. The van der Waals surface area contributed by atoms with Crippen LogP contribution in [-0.4, -0.2) is 37.0 Å². The van der Waals surface area contributed by atoms with Gasteiger partial charge in [-0.05, 0) is 38.5 Å². The molecular weight excluding hydrogens is 440 g/mol. The predicted octanol–water partition coefficient (Wildman–Crippen LogP) is 6.99. The molecule has 2 amide bonds. The molecule has 0 saturated heterocycles. The van der Waals surface area contributed by atoms with Crippen molar-refractivity contribution < 1.29 is 19.1 Å². The zero-order valence-corrected chi connectivity index (χ0v) is 23.3. The lowest BCUT2D eigenvalue weighted by molar-refractivity contribution is -0.148. The lowest BCUT2D eigenvalue weighted by atomic mass is 10.1. The van der Waals surface area contributed by atoms with Gasteiger partial charge in [0.1, 0.15) is 6.04 Å². The highest BCUT2D eigenvalue weighted by Crippen LogP contribution is 2.11. The Morgan fingerprint density at radius 1 is 0.600 bits per heavy atom. The van der Waals surface area contributed by atoms with Crippen LogP contribution in [0.2, 0.25) is 0 Å². The highest BCUT2D eigenvalue weighted by molar-refractivity contribution is 5.84. The number of nitrogens with one attached hydrogen (secondary N) is 2. The summed E-state index contributed by atoms with van der Waals surface area (Å²) >= 11 is 0. The van der Waals surface area contributed by atoms with E-state index in [0.717, 1.165) is 51.4 Å². The molecule has 0 aliphatic rings. The van der Waals surface area contributed by atoms with E-state index < -0.39 is 6.04 Å². The fraction of sp³-hybridized carbons (Fsp3) is 0.897. The molecule has 0 fully saturated rings. The van der Waals surface area contributed by atoms with Gasteiger partial charge in [-0.1, -0.05) is 97.8 Å². The third-order valence-corrected chi connectivity index (χ3v) is 6.32. The Balaban J connectivity index is 3.98. The number of carbonyl (C=O) groups is 3. The van der Waals surface area contributed by atoms with Gasteiger partial charge < -0.3 is 15.4 Å². The Kier molecular flexibility index (Phi) is 24.3. The Morgan fingerprint density at radius 2 is 1.11 bits per heavy atom. The van der Waals surface area contributed by atoms with Crippen molar-refractivity contribution in [3.8, 4) is 0 Å². The second-order valence-corrected chi connectivity index (χ2v) is 9.88. The first kappa shape index (κ1) is 33.4. The number of hydrogen-bond donors (Lipinski definition) is 2. The summed E-state index contributed by atoms with van der Waals surface area (Å²) in [5, 5.41) is 5.86. The minimum atomic E-state index is -0.595. The summed E-state index contributed by atoms with van der Waals surface area (Å²) in [7, 11) is 0. The third kappa shape index (κ3) is 22.6. The fourth-order valence-corrected chi connectivity index (χ4v) is 4.09. The number of ether oxygens (including phenoxy) is 1. The topological polar surface area (TPSA) is 84.5 Å². The van der Waals surface area contributed by atoms with Crippen LogP contribution in [0.15, 0.2) is 0 Å². The maximum absolute atomic E-state index is 12.4. The van der Waals surface area contributed by atoms with Crippen molar-refractivity contribution in [2.45, 2.75) is 155 Å². The van der Waals surface area contributed by atoms with E-state index in [1.165, 1.54) is 57.8 Å². The molecule has 206 valence electrons. The van der Waals surface area contributed by atoms with E-state index in [1.807, 2.05) is 6.92 Å². The van der Waals surface area contributed by atoms with E-state index in [9.17, 15) is 14.4 Å². The number of rotatable bonds is 25. The van der Waals surface area contributed by atoms with Gasteiger partial charge in [-0.15, -0.1) is 0 Å². The molecule has 0 saturated carbocycles. The predicted molar refractivity (Wildman–Crippen MR) is 145 cm³/mol. The van der Waals surface area contributed by atoms with Gasteiger partial charge in [0, 0.05) is 19.4 Å². The molecule has 0 heterocycles. The van der Waals surface area contributed by atoms with Crippen molar-refractivity contribution in [1.82, 2.24) is 10.6 Å². The van der Waals surface area contributed by atoms with Crippen molar-refractivity contribution in [2.75, 3.05) is 13.2 Å². The molecule has 0 aliphatic carbocycles. The van der Waals surface area contributed by atoms with E-state index >= 15 is 0 Å². The summed E-state index contributed by atoms with van der Waals surface area (Å²) in [6.45, 7) is 7.34. The van der Waals surface area contributed by atoms with Gasteiger partial charge in [-0.2, -0.15) is 0 Å². The SMILES string of the molecule is CCCCCCCCCCCC(=O)NCCCC[C@H](NC(=O)CCCCCCC)C(=O)OCCC. The number of hydrogen-bond acceptors (Lipinski definition) is 4. The van der Waals surface area contributed by atoms with Crippen LogP contribution >= 0.6 is 0 Å². The summed E-state index contributed by atoms with van der Waals surface area (Å²) in [6, 6.07) is -0.595. The summed E-state index contributed by atoms with van der Waals surface area (Å²) in [5.41, 5.74) is 0. The molecule has 0 bridgehead atoms. The van der Waals surface area contributed by atoms with Gasteiger partial charge in [0.25, 0.3) is 0 Å². The van der Waals surface area contributed by atoms with E-state index in [2.05, 4.69) is 24.5 Å². The normalized spacial score (nSPS) is 11.7.